The first-order valence-corrected chi connectivity index (χ1v) is 6.67. The Balaban J connectivity index is 1.94. The standard InChI is InChI=1S/C13H24N2O2/c1-10-5-4-6-11(14-10)12(16)15-7-8-17-13(2,3)9-15/h10-11,14H,4-9H2,1-3H3. The summed E-state index contributed by atoms with van der Waals surface area (Å²) in [6.07, 6.45) is 3.30. The zero-order valence-corrected chi connectivity index (χ0v) is 11.2. The van der Waals surface area contributed by atoms with Crippen LogP contribution >= 0.6 is 0 Å². The van der Waals surface area contributed by atoms with Crippen molar-refractivity contribution in [2.24, 2.45) is 0 Å². The summed E-state index contributed by atoms with van der Waals surface area (Å²) in [4.78, 5) is 14.4. The summed E-state index contributed by atoms with van der Waals surface area (Å²) in [6.45, 7) is 8.34. The fourth-order valence-corrected chi connectivity index (χ4v) is 2.76. The van der Waals surface area contributed by atoms with E-state index in [1.165, 1.54) is 6.42 Å². The van der Waals surface area contributed by atoms with Crippen LogP contribution in [-0.2, 0) is 9.53 Å². The molecule has 2 heterocycles. The third-order valence-electron chi connectivity index (χ3n) is 3.65. The summed E-state index contributed by atoms with van der Waals surface area (Å²) >= 11 is 0. The molecule has 0 aromatic heterocycles. The maximum atomic E-state index is 12.4. The van der Waals surface area contributed by atoms with Gasteiger partial charge in [0, 0.05) is 19.1 Å². The second-order valence-electron chi connectivity index (χ2n) is 5.92. The van der Waals surface area contributed by atoms with Crippen molar-refractivity contribution < 1.29 is 9.53 Å². The molecule has 0 aromatic carbocycles. The molecule has 2 unspecified atom stereocenters. The first-order valence-electron chi connectivity index (χ1n) is 6.67. The molecule has 0 radical (unpaired) electrons. The summed E-state index contributed by atoms with van der Waals surface area (Å²) < 4.78 is 5.64. The molecule has 0 aromatic rings. The van der Waals surface area contributed by atoms with Gasteiger partial charge in [-0.2, -0.15) is 0 Å². The van der Waals surface area contributed by atoms with Crippen molar-refractivity contribution in [1.82, 2.24) is 10.2 Å². The molecule has 1 N–H and O–H groups in total. The van der Waals surface area contributed by atoms with Gasteiger partial charge in [0.2, 0.25) is 5.91 Å². The number of piperidine rings is 1. The second kappa shape index (κ2) is 4.94. The van der Waals surface area contributed by atoms with Gasteiger partial charge in [0.25, 0.3) is 0 Å². The quantitative estimate of drug-likeness (QED) is 0.747. The zero-order valence-electron chi connectivity index (χ0n) is 11.2. The molecule has 0 spiro atoms. The van der Waals surface area contributed by atoms with Gasteiger partial charge < -0.3 is 15.0 Å². The van der Waals surface area contributed by atoms with E-state index in [9.17, 15) is 4.79 Å². The molecule has 2 atom stereocenters. The van der Waals surface area contributed by atoms with E-state index in [0.717, 1.165) is 19.4 Å². The molecule has 0 bridgehead atoms. The van der Waals surface area contributed by atoms with Crippen molar-refractivity contribution in [3.05, 3.63) is 0 Å². The Morgan fingerprint density at radius 3 is 2.82 bits per heavy atom. The van der Waals surface area contributed by atoms with E-state index < -0.39 is 0 Å². The van der Waals surface area contributed by atoms with Crippen molar-refractivity contribution in [2.45, 2.75) is 57.7 Å². The number of rotatable bonds is 1. The normalized spacial score (nSPS) is 33.5. The summed E-state index contributed by atoms with van der Waals surface area (Å²) in [5.74, 6) is 0.257. The first kappa shape index (κ1) is 12.8. The molecule has 4 heteroatoms. The van der Waals surface area contributed by atoms with Crippen molar-refractivity contribution in [3.63, 3.8) is 0 Å². The monoisotopic (exact) mass is 240 g/mol. The number of ether oxygens (including phenoxy) is 1. The van der Waals surface area contributed by atoms with Crippen LogP contribution in [0.2, 0.25) is 0 Å². The smallest absolute Gasteiger partial charge is 0.239 e. The van der Waals surface area contributed by atoms with E-state index in [-0.39, 0.29) is 17.6 Å². The van der Waals surface area contributed by atoms with Crippen molar-refractivity contribution in [2.75, 3.05) is 19.7 Å². The van der Waals surface area contributed by atoms with E-state index in [2.05, 4.69) is 12.2 Å². The van der Waals surface area contributed by atoms with Crippen LogP contribution in [0.3, 0.4) is 0 Å². The number of amides is 1. The highest BCUT2D eigenvalue weighted by molar-refractivity contribution is 5.82. The molecule has 2 fully saturated rings. The van der Waals surface area contributed by atoms with Crippen LogP contribution in [-0.4, -0.2) is 48.2 Å². The predicted octanol–water partition coefficient (Wildman–Crippen LogP) is 1.15. The number of carbonyl (C=O) groups is 1. The van der Waals surface area contributed by atoms with Gasteiger partial charge in [0.15, 0.2) is 0 Å². The Kier molecular flexibility index (Phi) is 3.73. The highest BCUT2D eigenvalue weighted by atomic mass is 16.5. The molecule has 2 saturated heterocycles. The van der Waals surface area contributed by atoms with Gasteiger partial charge in [0.05, 0.1) is 18.2 Å². The molecule has 0 saturated carbocycles. The van der Waals surface area contributed by atoms with E-state index >= 15 is 0 Å². The van der Waals surface area contributed by atoms with Gasteiger partial charge >= 0.3 is 0 Å². The van der Waals surface area contributed by atoms with Gasteiger partial charge in [0.1, 0.15) is 0 Å². The number of morpholine rings is 1. The Morgan fingerprint density at radius 2 is 2.18 bits per heavy atom. The molecular weight excluding hydrogens is 216 g/mol. The lowest BCUT2D eigenvalue weighted by Gasteiger charge is -2.40. The van der Waals surface area contributed by atoms with Gasteiger partial charge in [-0.3, -0.25) is 4.79 Å². The first-order chi connectivity index (χ1) is 7.98. The molecule has 1 amide bonds. The van der Waals surface area contributed by atoms with Crippen molar-refractivity contribution in [3.8, 4) is 0 Å². The van der Waals surface area contributed by atoms with Crippen molar-refractivity contribution in [1.29, 1.82) is 0 Å². The van der Waals surface area contributed by atoms with Crippen LogP contribution in [0.1, 0.15) is 40.0 Å². The predicted molar refractivity (Wildman–Crippen MR) is 66.8 cm³/mol. The molecular formula is C13H24N2O2. The number of carbonyl (C=O) groups excluding carboxylic acids is 1. The second-order valence-corrected chi connectivity index (χ2v) is 5.92. The van der Waals surface area contributed by atoms with Gasteiger partial charge in [-0.05, 0) is 40.0 Å². The van der Waals surface area contributed by atoms with E-state index in [4.69, 9.17) is 4.74 Å². The largest absolute Gasteiger partial charge is 0.372 e. The van der Waals surface area contributed by atoms with Crippen LogP contribution < -0.4 is 5.32 Å². The average Bonchev–Trinajstić information content (AvgIpc) is 2.26. The Labute approximate surface area is 104 Å². The lowest BCUT2D eigenvalue weighted by molar-refractivity contribution is -0.148. The fourth-order valence-electron chi connectivity index (χ4n) is 2.76. The summed E-state index contributed by atoms with van der Waals surface area (Å²) in [7, 11) is 0. The van der Waals surface area contributed by atoms with Gasteiger partial charge in [-0.25, -0.2) is 0 Å². The Bertz CT molecular complexity index is 291. The Hall–Kier alpha value is -0.610. The summed E-state index contributed by atoms with van der Waals surface area (Å²) in [5.41, 5.74) is -0.200. The maximum absolute atomic E-state index is 12.4. The minimum absolute atomic E-state index is 0.0210. The molecule has 98 valence electrons. The Morgan fingerprint density at radius 1 is 1.41 bits per heavy atom. The number of hydrogen-bond donors (Lipinski definition) is 1. The SMILES string of the molecule is CC1CCCC(C(=O)N2CCOC(C)(C)C2)N1. The zero-order chi connectivity index (χ0) is 12.5. The lowest BCUT2D eigenvalue weighted by Crippen LogP contribution is -2.57. The van der Waals surface area contributed by atoms with Crippen LogP contribution in [0.25, 0.3) is 0 Å². The molecule has 2 aliphatic rings. The number of nitrogens with zero attached hydrogens (tertiary/aromatic N) is 1. The molecule has 2 aliphatic heterocycles. The van der Waals surface area contributed by atoms with E-state index in [1.807, 2.05) is 18.7 Å². The number of nitrogens with one attached hydrogen (secondary N) is 1. The van der Waals surface area contributed by atoms with Crippen LogP contribution in [0, 0.1) is 0 Å². The van der Waals surface area contributed by atoms with Crippen molar-refractivity contribution >= 4 is 5.91 Å². The lowest BCUT2D eigenvalue weighted by atomic mass is 9.98. The van der Waals surface area contributed by atoms with Gasteiger partial charge in [-0.1, -0.05) is 0 Å². The minimum atomic E-state index is -0.200. The number of hydrogen-bond acceptors (Lipinski definition) is 3. The highest BCUT2D eigenvalue weighted by Crippen LogP contribution is 2.20. The minimum Gasteiger partial charge on any atom is -0.372 e. The van der Waals surface area contributed by atoms with Crippen LogP contribution in [0.5, 0.6) is 0 Å². The van der Waals surface area contributed by atoms with E-state index in [1.54, 1.807) is 0 Å². The molecule has 17 heavy (non-hydrogen) atoms. The third kappa shape index (κ3) is 3.19. The van der Waals surface area contributed by atoms with Crippen LogP contribution in [0.4, 0.5) is 0 Å². The fraction of sp³-hybridized carbons (Fsp3) is 0.923. The van der Waals surface area contributed by atoms with Crippen LogP contribution in [0.15, 0.2) is 0 Å². The van der Waals surface area contributed by atoms with E-state index in [0.29, 0.717) is 19.2 Å². The third-order valence-corrected chi connectivity index (χ3v) is 3.65. The highest BCUT2D eigenvalue weighted by Gasteiger charge is 2.34. The maximum Gasteiger partial charge on any atom is 0.239 e. The average molecular weight is 240 g/mol. The molecule has 0 aliphatic carbocycles. The molecule has 4 nitrogen and oxygen atoms in total. The topological polar surface area (TPSA) is 41.6 Å². The summed E-state index contributed by atoms with van der Waals surface area (Å²) in [5, 5.41) is 3.41. The molecule has 2 rings (SSSR count). The summed E-state index contributed by atoms with van der Waals surface area (Å²) in [6, 6.07) is 0.486. The van der Waals surface area contributed by atoms with Gasteiger partial charge in [-0.15, -0.1) is 0 Å².